The van der Waals surface area contributed by atoms with Crippen LogP contribution in [0.5, 0.6) is 0 Å². The zero-order valence-electron chi connectivity index (χ0n) is 11.2. The number of hydrogen-bond donors (Lipinski definition) is 2. The van der Waals surface area contributed by atoms with Gasteiger partial charge in [0.25, 0.3) is 0 Å². The molecule has 0 bridgehead atoms. The number of aliphatic hydroxyl groups is 1. The fourth-order valence-corrected chi connectivity index (χ4v) is 2.70. The zero-order chi connectivity index (χ0) is 14.7. The second kappa shape index (κ2) is 6.48. The fraction of sp³-hybridized carbons (Fsp3) is 0.250. The summed E-state index contributed by atoms with van der Waals surface area (Å²) in [5, 5.41) is 10.5. The van der Waals surface area contributed by atoms with Crippen molar-refractivity contribution in [2.24, 2.45) is 5.73 Å². The largest absolute Gasteiger partial charge is 0.388 e. The van der Waals surface area contributed by atoms with E-state index in [1.165, 1.54) is 12.1 Å². The van der Waals surface area contributed by atoms with Crippen LogP contribution in [0.15, 0.2) is 46.9 Å². The monoisotopic (exact) mass is 337 g/mol. The maximum absolute atomic E-state index is 13.4. The van der Waals surface area contributed by atoms with Gasteiger partial charge in [0.15, 0.2) is 0 Å². The molecule has 0 radical (unpaired) electrons. The molecule has 0 aliphatic heterocycles. The highest BCUT2D eigenvalue weighted by atomic mass is 79.9. The minimum Gasteiger partial charge on any atom is -0.388 e. The first kappa shape index (κ1) is 15.2. The molecule has 0 amide bonds. The number of hydrogen-bond acceptors (Lipinski definition) is 2. The van der Waals surface area contributed by atoms with Crippen molar-refractivity contribution in [3.63, 3.8) is 0 Å². The Morgan fingerprint density at radius 1 is 1.20 bits per heavy atom. The Balaban J connectivity index is 2.35. The Hall–Kier alpha value is -1.23. The van der Waals surface area contributed by atoms with Crippen molar-refractivity contribution >= 4 is 15.9 Å². The molecule has 0 aliphatic rings. The Morgan fingerprint density at radius 3 is 2.45 bits per heavy atom. The van der Waals surface area contributed by atoms with Gasteiger partial charge in [-0.3, -0.25) is 0 Å². The van der Waals surface area contributed by atoms with Gasteiger partial charge in [-0.1, -0.05) is 45.8 Å². The van der Waals surface area contributed by atoms with Crippen LogP contribution in [0.2, 0.25) is 0 Å². The number of rotatable bonds is 4. The van der Waals surface area contributed by atoms with Gasteiger partial charge in [-0.05, 0) is 36.2 Å². The lowest BCUT2D eigenvalue weighted by atomic mass is 9.89. The molecule has 2 aromatic rings. The van der Waals surface area contributed by atoms with Crippen LogP contribution in [0.4, 0.5) is 4.39 Å². The first-order chi connectivity index (χ1) is 9.52. The normalized spacial score (nSPS) is 14.1. The SMILES string of the molecule is Cc1ccc(C(CN)C(O)c2cc(F)ccc2Br)cc1. The predicted molar refractivity (Wildman–Crippen MR) is 82.0 cm³/mol. The molecule has 2 unspecified atom stereocenters. The maximum Gasteiger partial charge on any atom is 0.123 e. The van der Waals surface area contributed by atoms with E-state index in [0.29, 0.717) is 10.0 Å². The van der Waals surface area contributed by atoms with Gasteiger partial charge in [-0.2, -0.15) is 0 Å². The van der Waals surface area contributed by atoms with E-state index in [4.69, 9.17) is 5.73 Å². The van der Waals surface area contributed by atoms with E-state index in [-0.39, 0.29) is 18.3 Å². The van der Waals surface area contributed by atoms with Gasteiger partial charge in [0.1, 0.15) is 5.82 Å². The topological polar surface area (TPSA) is 46.2 Å². The predicted octanol–water partition coefficient (Wildman–Crippen LogP) is 3.67. The number of aryl methyl sites for hydroxylation is 1. The highest BCUT2D eigenvalue weighted by Crippen LogP contribution is 2.34. The molecule has 2 nitrogen and oxygen atoms in total. The van der Waals surface area contributed by atoms with Crippen LogP contribution in [-0.2, 0) is 0 Å². The lowest BCUT2D eigenvalue weighted by Crippen LogP contribution is -2.20. The van der Waals surface area contributed by atoms with Crippen molar-refractivity contribution in [1.82, 2.24) is 0 Å². The van der Waals surface area contributed by atoms with Gasteiger partial charge < -0.3 is 10.8 Å². The zero-order valence-corrected chi connectivity index (χ0v) is 12.8. The molecule has 2 atom stereocenters. The van der Waals surface area contributed by atoms with Crippen molar-refractivity contribution in [3.8, 4) is 0 Å². The van der Waals surface area contributed by atoms with Crippen LogP contribution in [0.25, 0.3) is 0 Å². The summed E-state index contributed by atoms with van der Waals surface area (Å²) in [6.07, 6.45) is -0.854. The van der Waals surface area contributed by atoms with E-state index in [0.717, 1.165) is 11.1 Å². The third kappa shape index (κ3) is 3.26. The lowest BCUT2D eigenvalue weighted by molar-refractivity contribution is 0.146. The van der Waals surface area contributed by atoms with Crippen molar-refractivity contribution in [1.29, 1.82) is 0 Å². The van der Waals surface area contributed by atoms with Gasteiger partial charge in [0.2, 0.25) is 0 Å². The second-order valence-corrected chi connectivity index (χ2v) is 5.72. The molecular formula is C16H17BrFNO. The van der Waals surface area contributed by atoms with E-state index in [9.17, 15) is 9.50 Å². The summed E-state index contributed by atoms with van der Waals surface area (Å²) < 4.78 is 14.0. The summed E-state index contributed by atoms with van der Waals surface area (Å²) in [6.45, 7) is 2.29. The number of aliphatic hydroxyl groups excluding tert-OH is 1. The molecule has 2 rings (SSSR count). The van der Waals surface area contributed by atoms with E-state index < -0.39 is 6.10 Å². The Bertz CT molecular complexity index is 586. The molecular weight excluding hydrogens is 321 g/mol. The summed E-state index contributed by atoms with van der Waals surface area (Å²) in [5.74, 6) is -0.643. The third-order valence-corrected chi connectivity index (χ3v) is 4.14. The average Bonchev–Trinajstić information content (AvgIpc) is 2.44. The van der Waals surface area contributed by atoms with E-state index in [1.807, 2.05) is 31.2 Å². The Kier molecular flexibility index (Phi) is 4.91. The molecule has 0 saturated carbocycles. The minimum absolute atomic E-state index is 0.270. The highest BCUT2D eigenvalue weighted by molar-refractivity contribution is 9.10. The second-order valence-electron chi connectivity index (χ2n) is 4.86. The van der Waals surface area contributed by atoms with Gasteiger partial charge in [0, 0.05) is 16.9 Å². The summed E-state index contributed by atoms with van der Waals surface area (Å²) in [6, 6.07) is 12.1. The van der Waals surface area contributed by atoms with E-state index >= 15 is 0 Å². The van der Waals surface area contributed by atoms with E-state index in [2.05, 4.69) is 15.9 Å². The summed E-state index contributed by atoms with van der Waals surface area (Å²) in [7, 11) is 0. The Labute approximate surface area is 126 Å². The molecule has 3 N–H and O–H groups in total. The molecule has 20 heavy (non-hydrogen) atoms. The minimum atomic E-state index is -0.854. The average molecular weight is 338 g/mol. The van der Waals surface area contributed by atoms with Crippen LogP contribution in [0, 0.1) is 12.7 Å². The number of nitrogens with two attached hydrogens (primary N) is 1. The quantitative estimate of drug-likeness (QED) is 0.893. The molecule has 4 heteroatoms. The fourth-order valence-electron chi connectivity index (χ4n) is 2.22. The summed E-state index contributed by atoms with van der Waals surface area (Å²) in [5.41, 5.74) is 8.41. The van der Waals surface area contributed by atoms with Crippen LogP contribution in [0.3, 0.4) is 0 Å². The van der Waals surface area contributed by atoms with Crippen LogP contribution >= 0.6 is 15.9 Å². The molecule has 0 heterocycles. The van der Waals surface area contributed by atoms with E-state index in [1.54, 1.807) is 6.07 Å². The Morgan fingerprint density at radius 2 is 1.85 bits per heavy atom. The van der Waals surface area contributed by atoms with Gasteiger partial charge in [-0.25, -0.2) is 4.39 Å². The van der Waals surface area contributed by atoms with Gasteiger partial charge in [-0.15, -0.1) is 0 Å². The van der Waals surface area contributed by atoms with Crippen molar-refractivity contribution in [3.05, 3.63) is 69.4 Å². The van der Waals surface area contributed by atoms with Crippen LogP contribution in [0.1, 0.15) is 28.7 Å². The number of benzene rings is 2. The standard InChI is InChI=1S/C16H17BrFNO/c1-10-2-4-11(5-3-10)14(9-19)16(20)13-8-12(18)6-7-15(13)17/h2-8,14,16,20H,9,19H2,1H3. The van der Waals surface area contributed by atoms with Crippen molar-refractivity contribution in [2.45, 2.75) is 18.9 Å². The van der Waals surface area contributed by atoms with Crippen LogP contribution < -0.4 is 5.73 Å². The number of halogens is 2. The molecule has 2 aromatic carbocycles. The summed E-state index contributed by atoms with van der Waals surface area (Å²) in [4.78, 5) is 0. The summed E-state index contributed by atoms with van der Waals surface area (Å²) >= 11 is 3.35. The van der Waals surface area contributed by atoms with Crippen molar-refractivity contribution in [2.75, 3.05) is 6.54 Å². The highest BCUT2D eigenvalue weighted by Gasteiger charge is 2.23. The molecule has 0 fully saturated rings. The molecule has 0 spiro atoms. The van der Waals surface area contributed by atoms with Crippen molar-refractivity contribution < 1.29 is 9.50 Å². The first-order valence-electron chi connectivity index (χ1n) is 6.42. The van der Waals surface area contributed by atoms with Crippen LogP contribution in [-0.4, -0.2) is 11.7 Å². The lowest BCUT2D eigenvalue weighted by Gasteiger charge is -2.23. The van der Waals surface area contributed by atoms with Gasteiger partial charge >= 0.3 is 0 Å². The molecule has 0 saturated heterocycles. The molecule has 106 valence electrons. The smallest absolute Gasteiger partial charge is 0.123 e. The third-order valence-electron chi connectivity index (χ3n) is 3.42. The van der Waals surface area contributed by atoms with Gasteiger partial charge in [0.05, 0.1) is 6.10 Å². The first-order valence-corrected chi connectivity index (χ1v) is 7.22. The maximum atomic E-state index is 13.4. The molecule has 0 aromatic heterocycles. The molecule has 0 aliphatic carbocycles.